The van der Waals surface area contributed by atoms with Gasteiger partial charge < -0.3 is 5.73 Å². The van der Waals surface area contributed by atoms with Crippen molar-refractivity contribution in [2.24, 2.45) is 5.92 Å². The Bertz CT molecular complexity index is 485. The lowest BCUT2D eigenvalue weighted by atomic mass is 10.1. The van der Waals surface area contributed by atoms with Crippen LogP contribution in [0.3, 0.4) is 0 Å². The van der Waals surface area contributed by atoms with Crippen molar-refractivity contribution in [3.8, 4) is 0 Å². The quantitative estimate of drug-likeness (QED) is 0.840. The molecule has 3 nitrogen and oxygen atoms in total. The fraction of sp³-hybridized carbons (Fsp3) is 0.500. The Balaban J connectivity index is 3.01. The Labute approximate surface area is 108 Å². The van der Waals surface area contributed by atoms with E-state index >= 15 is 0 Å². The molecule has 5 heteroatoms. The zero-order chi connectivity index (χ0) is 13.1. The van der Waals surface area contributed by atoms with Crippen molar-refractivity contribution in [2.75, 3.05) is 11.5 Å². The molecular formula is C12H18ClNO2S. The molecule has 0 aliphatic heterocycles. The van der Waals surface area contributed by atoms with Crippen LogP contribution in [0.25, 0.3) is 0 Å². The molecule has 0 saturated carbocycles. The van der Waals surface area contributed by atoms with Crippen LogP contribution < -0.4 is 5.73 Å². The number of halogens is 1. The van der Waals surface area contributed by atoms with Crippen LogP contribution in [0.4, 0.5) is 5.69 Å². The molecule has 2 N–H and O–H groups in total. The molecule has 0 aliphatic rings. The van der Waals surface area contributed by atoms with Gasteiger partial charge in [0.05, 0.1) is 16.3 Å². The van der Waals surface area contributed by atoms with Crippen molar-refractivity contribution in [2.45, 2.75) is 31.6 Å². The van der Waals surface area contributed by atoms with E-state index in [1.807, 2.05) is 13.8 Å². The van der Waals surface area contributed by atoms with Crippen molar-refractivity contribution < 1.29 is 8.42 Å². The molecule has 0 bridgehead atoms. The first-order valence-electron chi connectivity index (χ1n) is 5.64. The Morgan fingerprint density at radius 1 is 1.41 bits per heavy atom. The van der Waals surface area contributed by atoms with Gasteiger partial charge in [0.15, 0.2) is 9.84 Å². The highest BCUT2D eigenvalue weighted by molar-refractivity contribution is 7.91. The summed E-state index contributed by atoms with van der Waals surface area (Å²) in [6.45, 7) is 3.97. The van der Waals surface area contributed by atoms with E-state index < -0.39 is 9.84 Å². The lowest BCUT2D eigenvalue weighted by Gasteiger charge is -2.12. The van der Waals surface area contributed by atoms with Crippen molar-refractivity contribution in [3.63, 3.8) is 0 Å². The number of rotatable bonds is 5. The zero-order valence-corrected chi connectivity index (χ0v) is 11.7. The zero-order valence-electron chi connectivity index (χ0n) is 10.1. The Morgan fingerprint density at radius 3 is 2.65 bits per heavy atom. The van der Waals surface area contributed by atoms with Gasteiger partial charge >= 0.3 is 0 Å². The number of nitrogens with two attached hydrogens (primary N) is 1. The summed E-state index contributed by atoms with van der Waals surface area (Å²) in [6, 6.07) is 4.54. The lowest BCUT2D eigenvalue weighted by Crippen LogP contribution is -2.15. The second-order valence-corrected chi connectivity index (χ2v) is 6.80. The molecule has 1 unspecified atom stereocenters. The first-order valence-corrected chi connectivity index (χ1v) is 7.67. The topological polar surface area (TPSA) is 60.2 Å². The van der Waals surface area contributed by atoms with Crippen LogP contribution >= 0.6 is 11.6 Å². The van der Waals surface area contributed by atoms with Crippen molar-refractivity contribution in [1.29, 1.82) is 0 Å². The number of hydrogen-bond donors (Lipinski definition) is 1. The summed E-state index contributed by atoms with van der Waals surface area (Å²) in [5.74, 6) is 0.245. The minimum atomic E-state index is -3.34. The molecule has 17 heavy (non-hydrogen) atoms. The molecule has 0 amide bonds. The average molecular weight is 276 g/mol. The highest BCUT2D eigenvalue weighted by Gasteiger charge is 2.20. The summed E-state index contributed by atoms with van der Waals surface area (Å²) >= 11 is 5.80. The summed E-state index contributed by atoms with van der Waals surface area (Å²) in [7, 11) is -3.34. The predicted molar refractivity (Wildman–Crippen MR) is 72.0 cm³/mol. The van der Waals surface area contributed by atoms with Crippen LogP contribution in [-0.4, -0.2) is 14.2 Å². The number of hydrogen-bond acceptors (Lipinski definition) is 3. The van der Waals surface area contributed by atoms with E-state index in [-0.39, 0.29) is 22.3 Å². The smallest absolute Gasteiger partial charge is 0.180 e. The number of benzene rings is 1. The van der Waals surface area contributed by atoms with Gasteiger partial charge in [0.25, 0.3) is 0 Å². The highest BCUT2D eigenvalue weighted by atomic mass is 35.5. The minimum absolute atomic E-state index is 0.116. The van der Waals surface area contributed by atoms with Crippen molar-refractivity contribution in [3.05, 3.63) is 23.2 Å². The van der Waals surface area contributed by atoms with E-state index in [1.165, 1.54) is 12.1 Å². The summed E-state index contributed by atoms with van der Waals surface area (Å²) < 4.78 is 24.3. The summed E-state index contributed by atoms with van der Waals surface area (Å²) in [5.41, 5.74) is 5.95. The highest BCUT2D eigenvalue weighted by Crippen LogP contribution is 2.25. The standard InChI is InChI=1S/C12H18ClNO2S/c1-3-4-9(2)8-17(15,16)12-7-10(13)5-6-11(12)14/h5-7,9H,3-4,8,14H2,1-2H3. The van der Waals surface area contributed by atoms with Crippen molar-refractivity contribution in [1.82, 2.24) is 0 Å². The molecule has 0 aromatic heterocycles. The van der Waals surface area contributed by atoms with Gasteiger partial charge in [-0.05, 0) is 30.5 Å². The Morgan fingerprint density at radius 2 is 2.06 bits per heavy atom. The van der Waals surface area contributed by atoms with Gasteiger partial charge in [0.1, 0.15) is 0 Å². The summed E-state index contributed by atoms with van der Waals surface area (Å²) in [6.07, 6.45) is 1.86. The predicted octanol–water partition coefficient (Wildman–Crippen LogP) is 3.13. The van der Waals surface area contributed by atoms with E-state index in [0.29, 0.717) is 5.02 Å². The number of anilines is 1. The van der Waals surface area contributed by atoms with Gasteiger partial charge in [0, 0.05) is 5.02 Å². The average Bonchev–Trinajstić information content (AvgIpc) is 2.21. The molecule has 96 valence electrons. The maximum Gasteiger partial charge on any atom is 0.180 e. The van der Waals surface area contributed by atoms with Gasteiger partial charge in [0.2, 0.25) is 0 Å². The van der Waals surface area contributed by atoms with Crippen LogP contribution in [0.2, 0.25) is 5.02 Å². The molecule has 0 aliphatic carbocycles. The van der Waals surface area contributed by atoms with Gasteiger partial charge in [-0.1, -0.05) is 31.9 Å². The van der Waals surface area contributed by atoms with E-state index in [1.54, 1.807) is 6.07 Å². The number of nitrogen functional groups attached to an aromatic ring is 1. The normalized spacial score (nSPS) is 13.6. The van der Waals surface area contributed by atoms with E-state index in [9.17, 15) is 8.42 Å². The molecule has 0 saturated heterocycles. The SMILES string of the molecule is CCCC(C)CS(=O)(=O)c1cc(Cl)ccc1N. The lowest BCUT2D eigenvalue weighted by molar-refractivity contribution is 0.545. The molecule has 0 spiro atoms. The third-order valence-electron chi connectivity index (χ3n) is 2.60. The van der Waals surface area contributed by atoms with Gasteiger partial charge in [-0.25, -0.2) is 8.42 Å². The van der Waals surface area contributed by atoms with Crippen LogP contribution in [0.1, 0.15) is 26.7 Å². The third kappa shape index (κ3) is 3.89. The van der Waals surface area contributed by atoms with Crippen LogP contribution in [0.5, 0.6) is 0 Å². The summed E-state index contributed by atoms with van der Waals surface area (Å²) in [4.78, 5) is 0.146. The molecular weight excluding hydrogens is 258 g/mol. The molecule has 1 atom stereocenters. The molecule has 1 aromatic carbocycles. The van der Waals surface area contributed by atoms with E-state index in [0.717, 1.165) is 12.8 Å². The van der Waals surface area contributed by atoms with Gasteiger partial charge in [-0.15, -0.1) is 0 Å². The first kappa shape index (κ1) is 14.3. The molecule has 0 radical (unpaired) electrons. The largest absolute Gasteiger partial charge is 0.398 e. The van der Waals surface area contributed by atoms with E-state index in [2.05, 4.69) is 0 Å². The summed E-state index contributed by atoms with van der Waals surface area (Å²) in [5, 5.41) is 0.390. The Kier molecular flexibility index (Phi) is 4.83. The fourth-order valence-electron chi connectivity index (χ4n) is 1.82. The molecule has 1 aromatic rings. The van der Waals surface area contributed by atoms with E-state index in [4.69, 9.17) is 17.3 Å². The fourth-order valence-corrected chi connectivity index (χ4v) is 3.88. The molecule has 0 heterocycles. The maximum atomic E-state index is 12.2. The van der Waals surface area contributed by atoms with Gasteiger partial charge in [-0.3, -0.25) is 0 Å². The van der Waals surface area contributed by atoms with Crippen LogP contribution in [0.15, 0.2) is 23.1 Å². The Hall–Kier alpha value is -0.740. The van der Waals surface area contributed by atoms with Crippen LogP contribution in [-0.2, 0) is 9.84 Å². The molecule has 0 fully saturated rings. The second-order valence-electron chi connectivity index (χ2n) is 4.36. The first-order chi connectivity index (χ1) is 7.86. The molecule has 1 rings (SSSR count). The number of sulfone groups is 1. The third-order valence-corrected chi connectivity index (χ3v) is 4.86. The van der Waals surface area contributed by atoms with Crippen molar-refractivity contribution >= 4 is 27.1 Å². The monoisotopic (exact) mass is 275 g/mol. The maximum absolute atomic E-state index is 12.2. The van der Waals surface area contributed by atoms with Gasteiger partial charge in [-0.2, -0.15) is 0 Å². The second kappa shape index (κ2) is 5.74. The van der Waals surface area contributed by atoms with Crippen LogP contribution in [0, 0.1) is 5.92 Å². The minimum Gasteiger partial charge on any atom is -0.398 e.